The van der Waals surface area contributed by atoms with E-state index < -0.39 is 33.2 Å². The van der Waals surface area contributed by atoms with Gasteiger partial charge in [-0.1, -0.05) is 0 Å². The van der Waals surface area contributed by atoms with Gasteiger partial charge in [-0.05, 0) is 12.8 Å². The zero-order valence-electron chi connectivity index (χ0n) is 9.92. The van der Waals surface area contributed by atoms with Gasteiger partial charge in [0.1, 0.15) is 11.5 Å². The monoisotopic (exact) mass is 294 g/mol. The first kappa shape index (κ1) is 14.1. The van der Waals surface area contributed by atoms with Crippen LogP contribution in [0.5, 0.6) is 0 Å². The van der Waals surface area contributed by atoms with Gasteiger partial charge in [0.25, 0.3) is 0 Å². The standard InChI is InChI=1S/C11H13F3N2O2S/c12-7-5-9(13)11(10(14)6-7)16-19(17,18)4-3-15-8-1-2-8/h5-6,8,15-16H,1-4H2. The Hall–Kier alpha value is -1.28. The molecule has 19 heavy (non-hydrogen) atoms. The summed E-state index contributed by atoms with van der Waals surface area (Å²) in [5.41, 5.74) is -0.854. The fourth-order valence-electron chi connectivity index (χ4n) is 1.53. The summed E-state index contributed by atoms with van der Waals surface area (Å²) < 4.78 is 64.2. The highest BCUT2D eigenvalue weighted by molar-refractivity contribution is 7.92. The third-order valence-corrected chi connectivity index (χ3v) is 3.90. The van der Waals surface area contributed by atoms with Gasteiger partial charge in [-0.3, -0.25) is 4.72 Å². The normalized spacial score (nSPS) is 15.5. The zero-order valence-corrected chi connectivity index (χ0v) is 10.7. The Morgan fingerprint density at radius 1 is 1.16 bits per heavy atom. The number of hydrogen-bond acceptors (Lipinski definition) is 3. The molecule has 0 unspecified atom stereocenters. The molecule has 1 aromatic carbocycles. The maximum Gasteiger partial charge on any atom is 0.234 e. The predicted octanol–water partition coefficient (Wildman–Crippen LogP) is 1.60. The van der Waals surface area contributed by atoms with Gasteiger partial charge in [0.15, 0.2) is 11.6 Å². The topological polar surface area (TPSA) is 58.2 Å². The molecule has 0 aromatic heterocycles. The first-order valence-electron chi connectivity index (χ1n) is 5.76. The van der Waals surface area contributed by atoms with Crippen LogP contribution < -0.4 is 10.0 Å². The SMILES string of the molecule is O=S(=O)(CCNC1CC1)Nc1c(F)cc(F)cc1F. The molecule has 2 rings (SSSR count). The molecule has 0 spiro atoms. The number of rotatable bonds is 6. The first-order chi connectivity index (χ1) is 8.87. The lowest BCUT2D eigenvalue weighted by Gasteiger charge is -2.10. The second-order valence-corrected chi connectivity index (χ2v) is 6.24. The molecule has 0 bridgehead atoms. The molecule has 0 aliphatic heterocycles. The van der Waals surface area contributed by atoms with Gasteiger partial charge in [0.2, 0.25) is 10.0 Å². The van der Waals surface area contributed by atoms with Crippen LogP contribution in [0.2, 0.25) is 0 Å². The van der Waals surface area contributed by atoms with Gasteiger partial charge in [0.05, 0.1) is 5.75 Å². The molecule has 0 radical (unpaired) electrons. The van der Waals surface area contributed by atoms with Crippen LogP contribution in [0.4, 0.5) is 18.9 Å². The number of sulfonamides is 1. The Kier molecular flexibility index (Phi) is 4.00. The third-order valence-electron chi connectivity index (χ3n) is 2.65. The van der Waals surface area contributed by atoms with E-state index in [1.165, 1.54) is 0 Å². The molecule has 1 aliphatic carbocycles. The van der Waals surface area contributed by atoms with Crippen molar-refractivity contribution in [3.05, 3.63) is 29.6 Å². The second-order valence-electron chi connectivity index (χ2n) is 4.39. The van der Waals surface area contributed by atoms with Crippen LogP contribution in [0, 0.1) is 17.5 Å². The van der Waals surface area contributed by atoms with Crippen molar-refractivity contribution in [2.24, 2.45) is 0 Å². The van der Waals surface area contributed by atoms with Crippen molar-refractivity contribution in [2.45, 2.75) is 18.9 Å². The van der Waals surface area contributed by atoms with E-state index in [4.69, 9.17) is 0 Å². The summed E-state index contributed by atoms with van der Waals surface area (Å²) in [4.78, 5) is 0. The largest absolute Gasteiger partial charge is 0.313 e. The van der Waals surface area contributed by atoms with E-state index in [1.54, 1.807) is 4.72 Å². The minimum absolute atomic E-state index is 0.199. The molecule has 1 saturated carbocycles. The number of nitrogens with one attached hydrogen (secondary N) is 2. The van der Waals surface area contributed by atoms with Crippen LogP contribution in [-0.4, -0.2) is 26.8 Å². The molecule has 0 saturated heterocycles. The summed E-state index contributed by atoms with van der Waals surface area (Å²) in [7, 11) is -3.88. The van der Waals surface area contributed by atoms with E-state index >= 15 is 0 Å². The summed E-state index contributed by atoms with van der Waals surface area (Å²) in [5, 5.41) is 2.97. The van der Waals surface area contributed by atoms with E-state index in [0.717, 1.165) is 12.8 Å². The average molecular weight is 294 g/mol. The zero-order chi connectivity index (χ0) is 14.0. The van der Waals surface area contributed by atoms with Crippen molar-refractivity contribution in [3.8, 4) is 0 Å². The molecule has 1 aromatic rings. The van der Waals surface area contributed by atoms with E-state index in [2.05, 4.69) is 5.32 Å². The Morgan fingerprint density at radius 2 is 1.74 bits per heavy atom. The molecule has 0 amide bonds. The molecule has 4 nitrogen and oxygen atoms in total. The van der Waals surface area contributed by atoms with Crippen molar-refractivity contribution in [3.63, 3.8) is 0 Å². The Balaban J connectivity index is 2.02. The molecule has 0 atom stereocenters. The van der Waals surface area contributed by atoms with Gasteiger partial charge < -0.3 is 5.32 Å². The predicted molar refractivity (Wildman–Crippen MR) is 64.8 cm³/mol. The lowest BCUT2D eigenvalue weighted by molar-refractivity contribution is 0.547. The molecule has 1 aliphatic rings. The van der Waals surface area contributed by atoms with Crippen molar-refractivity contribution >= 4 is 15.7 Å². The van der Waals surface area contributed by atoms with Crippen LogP contribution in [-0.2, 0) is 10.0 Å². The smallest absolute Gasteiger partial charge is 0.234 e. The Bertz CT molecular complexity index is 550. The fourth-order valence-corrected chi connectivity index (χ4v) is 2.53. The third kappa shape index (κ3) is 4.10. The molecule has 106 valence electrons. The van der Waals surface area contributed by atoms with Crippen LogP contribution in [0.1, 0.15) is 12.8 Å². The summed E-state index contributed by atoms with van der Waals surface area (Å²) in [5.74, 6) is -3.97. The van der Waals surface area contributed by atoms with Crippen molar-refractivity contribution in [1.29, 1.82) is 0 Å². The van der Waals surface area contributed by atoms with Gasteiger partial charge in [0, 0.05) is 24.7 Å². The molecule has 0 heterocycles. The van der Waals surface area contributed by atoms with Crippen molar-refractivity contribution in [1.82, 2.24) is 5.32 Å². The number of halogens is 3. The lowest BCUT2D eigenvalue weighted by Crippen LogP contribution is -2.28. The molecule has 1 fully saturated rings. The summed E-state index contributed by atoms with van der Waals surface area (Å²) in [6.07, 6.45) is 2.02. The lowest BCUT2D eigenvalue weighted by atomic mass is 10.3. The molecule has 8 heteroatoms. The highest BCUT2D eigenvalue weighted by atomic mass is 32.2. The van der Waals surface area contributed by atoms with Gasteiger partial charge >= 0.3 is 0 Å². The van der Waals surface area contributed by atoms with E-state index in [-0.39, 0.29) is 12.3 Å². The fraction of sp³-hybridized carbons (Fsp3) is 0.455. The van der Waals surface area contributed by atoms with Crippen LogP contribution in [0.3, 0.4) is 0 Å². The maximum absolute atomic E-state index is 13.3. The molecule has 2 N–H and O–H groups in total. The Labute approximate surface area is 109 Å². The van der Waals surface area contributed by atoms with Gasteiger partial charge in [-0.15, -0.1) is 0 Å². The van der Waals surface area contributed by atoms with Crippen molar-refractivity contribution < 1.29 is 21.6 Å². The molecular formula is C11H13F3N2O2S. The van der Waals surface area contributed by atoms with Gasteiger partial charge in [-0.25, -0.2) is 21.6 Å². The Morgan fingerprint density at radius 3 is 2.26 bits per heavy atom. The number of benzene rings is 1. The van der Waals surface area contributed by atoms with E-state index in [9.17, 15) is 21.6 Å². The minimum atomic E-state index is -3.88. The van der Waals surface area contributed by atoms with Crippen LogP contribution in [0.25, 0.3) is 0 Å². The summed E-state index contributed by atoms with van der Waals surface area (Å²) in [6.45, 7) is 0.199. The minimum Gasteiger partial charge on any atom is -0.313 e. The average Bonchev–Trinajstić information content (AvgIpc) is 3.07. The quantitative estimate of drug-likeness (QED) is 0.838. The highest BCUT2D eigenvalue weighted by Gasteiger charge is 2.22. The molecular weight excluding hydrogens is 281 g/mol. The van der Waals surface area contributed by atoms with E-state index in [1.807, 2.05) is 0 Å². The highest BCUT2D eigenvalue weighted by Crippen LogP contribution is 2.21. The maximum atomic E-state index is 13.3. The van der Waals surface area contributed by atoms with Crippen LogP contribution >= 0.6 is 0 Å². The summed E-state index contributed by atoms with van der Waals surface area (Å²) >= 11 is 0. The van der Waals surface area contributed by atoms with Crippen LogP contribution in [0.15, 0.2) is 12.1 Å². The van der Waals surface area contributed by atoms with Gasteiger partial charge in [-0.2, -0.15) is 0 Å². The van der Waals surface area contributed by atoms with E-state index in [0.29, 0.717) is 18.2 Å². The first-order valence-corrected chi connectivity index (χ1v) is 7.41. The van der Waals surface area contributed by atoms with Crippen molar-refractivity contribution in [2.75, 3.05) is 17.0 Å². The number of hydrogen-bond donors (Lipinski definition) is 2. The number of anilines is 1. The second kappa shape index (κ2) is 5.38. The summed E-state index contributed by atoms with van der Waals surface area (Å²) in [6, 6.07) is 1.18.